The zero-order valence-electron chi connectivity index (χ0n) is 12.0. The number of hydrogen-bond donors (Lipinski definition) is 2. The fourth-order valence-electron chi connectivity index (χ4n) is 1.62. The largest absolute Gasteiger partial charge is 0.489 e. The molecule has 6 heteroatoms. The summed E-state index contributed by atoms with van der Waals surface area (Å²) in [4.78, 5) is 0. The third kappa shape index (κ3) is 5.46. The van der Waals surface area contributed by atoms with E-state index in [4.69, 9.17) is 17.0 Å². The fraction of sp³-hybridized carbons (Fsp3) is 0.125. The summed E-state index contributed by atoms with van der Waals surface area (Å²) in [5, 5.41) is 7.28. The van der Waals surface area contributed by atoms with Gasteiger partial charge in [-0.05, 0) is 59.7 Å². The number of nitrogens with zero attached hydrogens (tertiary/aromatic N) is 1. The molecule has 2 aromatic carbocycles. The van der Waals surface area contributed by atoms with E-state index < -0.39 is 0 Å². The predicted molar refractivity (Wildman–Crippen MR) is 97.3 cm³/mol. The smallest absolute Gasteiger partial charge is 0.186 e. The van der Waals surface area contributed by atoms with Crippen LogP contribution < -0.4 is 15.5 Å². The lowest BCUT2D eigenvalue weighted by Crippen LogP contribution is -2.28. The van der Waals surface area contributed by atoms with E-state index in [-0.39, 0.29) is 0 Å². The van der Waals surface area contributed by atoms with Gasteiger partial charge in [0, 0.05) is 11.5 Å². The number of thiocarbonyl (C=S) groups is 1. The van der Waals surface area contributed by atoms with Crippen LogP contribution in [-0.4, -0.2) is 18.4 Å². The van der Waals surface area contributed by atoms with Crippen LogP contribution in [0.2, 0.25) is 0 Å². The molecule has 0 amide bonds. The minimum absolute atomic E-state index is 0.478. The first-order valence-corrected chi connectivity index (χ1v) is 7.85. The van der Waals surface area contributed by atoms with E-state index in [9.17, 15) is 0 Å². The van der Waals surface area contributed by atoms with Gasteiger partial charge in [0.1, 0.15) is 12.4 Å². The monoisotopic (exact) mass is 377 g/mol. The number of rotatable bonds is 5. The quantitative estimate of drug-likeness (QED) is 0.475. The first-order valence-electron chi connectivity index (χ1n) is 6.65. The second-order valence-corrected chi connectivity index (χ2v) is 5.76. The SMILES string of the molecule is CNC(=S)N/N=C/c1ccc(OCc2ccc(Br)cc2)cc1. The van der Waals surface area contributed by atoms with Gasteiger partial charge in [-0.15, -0.1) is 0 Å². The molecule has 2 aromatic rings. The molecule has 0 heterocycles. The van der Waals surface area contributed by atoms with Gasteiger partial charge in [-0.3, -0.25) is 5.43 Å². The molecule has 2 rings (SSSR count). The molecule has 0 radical (unpaired) electrons. The Balaban J connectivity index is 1.86. The summed E-state index contributed by atoms with van der Waals surface area (Å²) in [6, 6.07) is 15.8. The first-order chi connectivity index (χ1) is 10.7. The second-order valence-electron chi connectivity index (χ2n) is 4.43. The van der Waals surface area contributed by atoms with Crippen molar-refractivity contribution in [2.24, 2.45) is 5.10 Å². The standard InChI is InChI=1S/C16H16BrN3OS/c1-18-16(22)20-19-10-12-4-8-15(9-5-12)21-11-13-2-6-14(17)7-3-13/h2-10H,11H2,1H3,(H2,18,20,22)/b19-10+. The maximum atomic E-state index is 5.74. The summed E-state index contributed by atoms with van der Waals surface area (Å²) >= 11 is 8.33. The van der Waals surface area contributed by atoms with E-state index in [1.54, 1.807) is 13.3 Å². The summed E-state index contributed by atoms with van der Waals surface area (Å²) in [5.41, 5.74) is 4.79. The summed E-state index contributed by atoms with van der Waals surface area (Å²) in [5.74, 6) is 0.818. The van der Waals surface area contributed by atoms with Crippen LogP contribution in [0.15, 0.2) is 58.1 Å². The van der Waals surface area contributed by atoms with Crippen molar-refractivity contribution in [2.45, 2.75) is 6.61 Å². The predicted octanol–water partition coefficient (Wildman–Crippen LogP) is 3.46. The molecule has 0 atom stereocenters. The van der Waals surface area contributed by atoms with Crippen LogP contribution in [0.3, 0.4) is 0 Å². The van der Waals surface area contributed by atoms with Gasteiger partial charge in [0.05, 0.1) is 6.21 Å². The molecule has 0 aliphatic carbocycles. The fourth-order valence-corrected chi connectivity index (χ4v) is 1.94. The second kappa shape index (κ2) is 8.51. The highest BCUT2D eigenvalue weighted by molar-refractivity contribution is 9.10. The van der Waals surface area contributed by atoms with Crippen molar-refractivity contribution in [1.29, 1.82) is 0 Å². The number of halogens is 1. The van der Waals surface area contributed by atoms with Gasteiger partial charge >= 0.3 is 0 Å². The number of nitrogens with one attached hydrogen (secondary N) is 2. The van der Waals surface area contributed by atoms with E-state index in [1.165, 1.54) is 0 Å². The van der Waals surface area contributed by atoms with Gasteiger partial charge in [-0.2, -0.15) is 5.10 Å². The Labute approximate surface area is 143 Å². The molecule has 4 nitrogen and oxygen atoms in total. The topological polar surface area (TPSA) is 45.7 Å². The van der Waals surface area contributed by atoms with Gasteiger partial charge in [0.25, 0.3) is 0 Å². The molecular formula is C16H16BrN3OS. The zero-order chi connectivity index (χ0) is 15.8. The van der Waals surface area contributed by atoms with Crippen molar-refractivity contribution >= 4 is 39.5 Å². The molecule has 0 aromatic heterocycles. The van der Waals surface area contributed by atoms with Gasteiger partial charge in [0.2, 0.25) is 0 Å². The van der Waals surface area contributed by atoms with Crippen molar-refractivity contribution < 1.29 is 4.74 Å². The van der Waals surface area contributed by atoms with Crippen LogP contribution in [0.4, 0.5) is 0 Å². The lowest BCUT2D eigenvalue weighted by atomic mass is 10.2. The Morgan fingerprint density at radius 3 is 2.50 bits per heavy atom. The molecule has 0 spiro atoms. The van der Waals surface area contributed by atoms with Crippen LogP contribution >= 0.6 is 28.1 Å². The average molecular weight is 378 g/mol. The van der Waals surface area contributed by atoms with Gasteiger partial charge in [0.15, 0.2) is 5.11 Å². The van der Waals surface area contributed by atoms with Crippen molar-refractivity contribution in [2.75, 3.05) is 7.05 Å². The van der Waals surface area contributed by atoms with Crippen molar-refractivity contribution in [3.63, 3.8) is 0 Å². The number of ether oxygens (including phenoxy) is 1. The lowest BCUT2D eigenvalue weighted by Gasteiger charge is -2.06. The highest BCUT2D eigenvalue weighted by Gasteiger charge is 1.97. The van der Waals surface area contributed by atoms with E-state index in [1.807, 2.05) is 48.5 Å². The highest BCUT2D eigenvalue weighted by Crippen LogP contribution is 2.15. The van der Waals surface area contributed by atoms with E-state index in [2.05, 4.69) is 31.8 Å². The Bertz CT molecular complexity index is 641. The van der Waals surface area contributed by atoms with Crippen molar-refractivity contribution in [1.82, 2.24) is 10.7 Å². The number of hydrogen-bond acceptors (Lipinski definition) is 3. The Morgan fingerprint density at radius 2 is 1.86 bits per heavy atom. The first kappa shape index (κ1) is 16.5. The van der Waals surface area contributed by atoms with Crippen LogP contribution in [0, 0.1) is 0 Å². The average Bonchev–Trinajstić information content (AvgIpc) is 2.55. The molecule has 0 bridgehead atoms. The third-order valence-corrected chi connectivity index (χ3v) is 3.63. The van der Waals surface area contributed by atoms with Crippen LogP contribution in [0.5, 0.6) is 5.75 Å². The van der Waals surface area contributed by atoms with E-state index >= 15 is 0 Å². The summed E-state index contributed by atoms with van der Waals surface area (Å²) in [6.07, 6.45) is 1.70. The highest BCUT2D eigenvalue weighted by atomic mass is 79.9. The van der Waals surface area contributed by atoms with Crippen LogP contribution in [0.25, 0.3) is 0 Å². The molecule has 22 heavy (non-hydrogen) atoms. The molecule has 0 saturated carbocycles. The molecule has 0 fully saturated rings. The van der Waals surface area contributed by atoms with Crippen molar-refractivity contribution in [3.8, 4) is 5.75 Å². The summed E-state index contributed by atoms with van der Waals surface area (Å²) < 4.78 is 6.80. The van der Waals surface area contributed by atoms with E-state index in [0.29, 0.717) is 11.7 Å². The van der Waals surface area contributed by atoms with Gasteiger partial charge in [-0.25, -0.2) is 0 Å². The molecule has 2 N–H and O–H groups in total. The number of benzene rings is 2. The lowest BCUT2D eigenvalue weighted by molar-refractivity contribution is 0.306. The van der Waals surface area contributed by atoms with Gasteiger partial charge in [-0.1, -0.05) is 28.1 Å². The maximum Gasteiger partial charge on any atom is 0.186 e. The minimum Gasteiger partial charge on any atom is -0.489 e. The summed E-state index contributed by atoms with van der Waals surface area (Å²) in [6.45, 7) is 0.540. The minimum atomic E-state index is 0.478. The van der Waals surface area contributed by atoms with Crippen LogP contribution in [0.1, 0.15) is 11.1 Å². The van der Waals surface area contributed by atoms with E-state index in [0.717, 1.165) is 21.3 Å². The van der Waals surface area contributed by atoms with Crippen LogP contribution in [-0.2, 0) is 6.61 Å². The molecule has 114 valence electrons. The normalized spacial score (nSPS) is 10.5. The molecule has 0 saturated heterocycles. The number of hydrazone groups is 1. The third-order valence-electron chi connectivity index (χ3n) is 2.81. The molecule has 0 aliphatic heterocycles. The molecular weight excluding hydrogens is 362 g/mol. The summed E-state index contributed by atoms with van der Waals surface area (Å²) in [7, 11) is 1.74. The Morgan fingerprint density at radius 1 is 1.18 bits per heavy atom. The van der Waals surface area contributed by atoms with Gasteiger partial charge < -0.3 is 10.1 Å². The Hall–Kier alpha value is -1.92. The van der Waals surface area contributed by atoms with Crippen molar-refractivity contribution in [3.05, 3.63) is 64.1 Å². The maximum absolute atomic E-state index is 5.74. The molecule has 0 aliphatic rings. The Kier molecular flexibility index (Phi) is 6.36. The molecule has 0 unspecified atom stereocenters. The zero-order valence-corrected chi connectivity index (χ0v) is 14.4.